The molecular formula is C19H26N4O2. The molecule has 0 aliphatic carbocycles. The Morgan fingerprint density at radius 3 is 2.80 bits per heavy atom. The van der Waals surface area contributed by atoms with Crippen LogP contribution in [0.2, 0.25) is 0 Å². The summed E-state index contributed by atoms with van der Waals surface area (Å²) in [6.07, 6.45) is 4.63. The summed E-state index contributed by atoms with van der Waals surface area (Å²) in [5.74, 6) is 1.01. The van der Waals surface area contributed by atoms with Crippen LogP contribution in [0.3, 0.4) is 0 Å². The highest BCUT2D eigenvalue weighted by atomic mass is 16.5. The van der Waals surface area contributed by atoms with Gasteiger partial charge in [0.15, 0.2) is 0 Å². The van der Waals surface area contributed by atoms with E-state index in [2.05, 4.69) is 26.6 Å². The van der Waals surface area contributed by atoms with Gasteiger partial charge in [0, 0.05) is 39.6 Å². The van der Waals surface area contributed by atoms with Gasteiger partial charge in [-0.15, -0.1) is 0 Å². The van der Waals surface area contributed by atoms with Gasteiger partial charge in [-0.05, 0) is 19.0 Å². The van der Waals surface area contributed by atoms with Crippen molar-refractivity contribution in [1.82, 2.24) is 19.4 Å². The Hall–Kier alpha value is -2.18. The van der Waals surface area contributed by atoms with Gasteiger partial charge in [0.25, 0.3) is 0 Å². The van der Waals surface area contributed by atoms with Crippen molar-refractivity contribution < 1.29 is 9.53 Å². The quantitative estimate of drug-likeness (QED) is 0.800. The monoisotopic (exact) mass is 342 g/mol. The van der Waals surface area contributed by atoms with E-state index in [0.29, 0.717) is 6.54 Å². The summed E-state index contributed by atoms with van der Waals surface area (Å²) in [4.78, 5) is 21.1. The number of likely N-dealkylation sites (N-methyl/N-ethyl adjacent to an activating group) is 2. The van der Waals surface area contributed by atoms with Crippen LogP contribution < -0.4 is 0 Å². The van der Waals surface area contributed by atoms with E-state index in [1.165, 1.54) is 5.56 Å². The van der Waals surface area contributed by atoms with Gasteiger partial charge in [-0.25, -0.2) is 4.98 Å². The summed E-state index contributed by atoms with van der Waals surface area (Å²) in [7, 11) is 5.53. The van der Waals surface area contributed by atoms with Gasteiger partial charge in [0.05, 0.1) is 18.7 Å². The van der Waals surface area contributed by atoms with Crippen LogP contribution in [0.1, 0.15) is 17.8 Å². The number of likely N-dealkylation sites (tertiary alicyclic amines) is 1. The van der Waals surface area contributed by atoms with Crippen LogP contribution in [0.15, 0.2) is 42.7 Å². The van der Waals surface area contributed by atoms with Crippen LogP contribution in [-0.2, 0) is 22.6 Å². The third-order valence-electron chi connectivity index (χ3n) is 4.88. The molecule has 1 fully saturated rings. The van der Waals surface area contributed by atoms with Crippen molar-refractivity contribution in [2.24, 2.45) is 0 Å². The smallest absolute Gasteiger partial charge is 0.240 e. The Kier molecular flexibility index (Phi) is 5.50. The van der Waals surface area contributed by atoms with Gasteiger partial charge in [-0.2, -0.15) is 0 Å². The molecule has 1 aromatic heterocycles. The van der Waals surface area contributed by atoms with E-state index in [1.54, 1.807) is 18.2 Å². The zero-order valence-electron chi connectivity index (χ0n) is 15.1. The van der Waals surface area contributed by atoms with Crippen LogP contribution in [0, 0.1) is 0 Å². The molecule has 1 saturated heterocycles. The van der Waals surface area contributed by atoms with E-state index in [4.69, 9.17) is 4.74 Å². The van der Waals surface area contributed by atoms with Crippen LogP contribution in [0.4, 0.5) is 0 Å². The molecule has 1 aliphatic rings. The Bertz CT molecular complexity index is 700. The molecule has 6 heteroatoms. The minimum Gasteiger partial charge on any atom is -0.380 e. The van der Waals surface area contributed by atoms with E-state index >= 15 is 0 Å². The number of ether oxygens (including phenoxy) is 1. The molecule has 0 unspecified atom stereocenters. The van der Waals surface area contributed by atoms with Crippen molar-refractivity contribution in [3.63, 3.8) is 0 Å². The van der Waals surface area contributed by atoms with Crippen molar-refractivity contribution in [2.75, 3.05) is 27.7 Å². The van der Waals surface area contributed by atoms with E-state index in [9.17, 15) is 4.79 Å². The van der Waals surface area contributed by atoms with Gasteiger partial charge in [0.1, 0.15) is 5.82 Å². The number of nitrogens with zero attached hydrogens (tertiary/aromatic N) is 4. The highest BCUT2D eigenvalue weighted by molar-refractivity contribution is 5.82. The molecule has 3 rings (SSSR count). The first-order valence-electron chi connectivity index (χ1n) is 8.60. The van der Waals surface area contributed by atoms with Crippen molar-refractivity contribution in [2.45, 2.75) is 31.7 Å². The largest absolute Gasteiger partial charge is 0.380 e. The van der Waals surface area contributed by atoms with Crippen LogP contribution in [-0.4, -0.2) is 65.2 Å². The minimum absolute atomic E-state index is 0.118. The molecule has 0 spiro atoms. The number of methoxy groups -OCH3 is 1. The second-order valence-corrected chi connectivity index (χ2v) is 6.70. The lowest BCUT2D eigenvalue weighted by molar-refractivity contribution is -0.135. The molecule has 1 aromatic carbocycles. The van der Waals surface area contributed by atoms with Crippen molar-refractivity contribution in [1.29, 1.82) is 0 Å². The van der Waals surface area contributed by atoms with E-state index in [-0.39, 0.29) is 18.1 Å². The van der Waals surface area contributed by atoms with Crippen LogP contribution in [0.5, 0.6) is 0 Å². The summed E-state index contributed by atoms with van der Waals surface area (Å²) in [5, 5.41) is 0. The summed E-state index contributed by atoms with van der Waals surface area (Å²) >= 11 is 0. The fourth-order valence-corrected chi connectivity index (χ4v) is 3.37. The van der Waals surface area contributed by atoms with Gasteiger partial charge < -0.3 is 14.2 Å². The molecule has 0 saturated carbocycles. The molecule has 2 aromatic rings. The first-order chi connectivity index (χ1) is 12.1. The normalized spacial score (nSPS) is 20.8. The molecule has 2 atom stereocenters. The van der Waals surface area contributed by atoms with Crippen LogP contribution in [0.25, 0.3) is 0 Å². The predicted octanol–water partition coefficient (Wildman–Crippen LogP) is 1.61. The number of rotatable bonds is 6. The number of aromatic nitrogens is 2. The fraction of sp³-hybridized carbons (Fsp3) is 0.474. The lowest BCUT2D eigenvalue weighted by Crippen LogP contribution is -2.42. The fourth-order valence-electron chi connectivity index (χ4n) is 3.37. The van der Waals surface area contributed by atoms with E-state index < -0.39 is 0 Å². The molecule has 0 N–H and O–H groups in total. The lowest BCUT2D eigenvalue weighted by Gasteiger charge is -2.25. The lowest BCUT2D eigenvalue weighted by atomic mass is 10.1. The highest BCUT2D eigenvalue weighted by Crippen LogP contribution is 2.20. The third kappa shape index (κ3) is 4.08. The molecule has 6 nitrogen and oxygen atoms in total. The highest BCUT2D eigenvalue weighted by Gasteiger charge is 2.36. The maximum absolute atomic E-state index is 12.8. The van der Waals surface area contributed by atoms with Gasteiger partial charge >= 0.3 is 0 Å². The number of hydrogen-bond donors (Lipinski definition) is 0. The molecule has 1 amide bonds. The van der Waals surface area contributed by atoms with Gasteiger partial charge in [-0.3, -0.25) is 9.69 Å². The number of hydrogen-bond acceptors (Lipinski definition) is 4. The first kappa shape index (κ1) is 17.6. The molecule has 0 bridgehead atoms. The molecule has 2 heterocycles. The van der Waals surface area contributed by atoms with Crippen molar-refractivity contribution in [3.8, 4) is 0 Å². The Morgan fingerprint density at radius 1 is 1.36 bits per heavy atom. The minimum atomic E-state index is -0.118. The average molecular weight is 342 g/mol. The van der Waals surface area contributed by atoms with E-state index in [1.807, 2.05) is 38.5 Å². The predicted molar refractivity (Wildman–Crippen MR) is 96.1 cm³/mol. The molecule has 134 valence electrons. The summed E-state index contributed by atoms with van der Waals surface area (Å²) in [5.41, 5.74) is 1.22. The zero-order valence-corrected chi connectivity index (χ0v) is 15.1. The van der Waals surface area contributed by atoms with Crippen molar-refractivity contribution >= 4 is 5.91 Å². The molecule has 0 radical (unpaired) electrons. The summed E-state index contributed by atoms with van der Waals surface area (Å²) < 4.78 is 7.50. The molecular weight excluding hydrogens is 316 g/mol. The SMILES string of the molecule is CO[C@H]1C[C@@H](C(=O)N(C)Cc2nccn2Cc2ccccc2)N(C)C1. The van der Waals surface area contributed by atoms with Gasteiger partial charge in [0.2, 0.25) is 5.91 Å². The topological polar surface area (TPSA) is 50.6 Å². The standard InChI is InChI=1S/C19H26N4O2/c1-21-13-16(25-3)11-17(21)19(24)22(2)14-18-20-9-10-23(18)12-15-7-5-4-6-8-15/h4-10,16-17H,11-14H2,1-3H3/t16-,17-/m0/s1. The number of carbonyl (C=O) groups is 1. The maximum atomic E-state index is 12.8. The zero-order chi connectivity index (χ0) is 17.8. The Balaban J connectivity index is 1.64. The third-order valence-corrected chi connectivity index (χ3v) is 4.88. The second kappa shape index (κ2) is 7.80. The van der Waals surface area contributed by atoms with Crippen LogP contribution >= 0.6 is 0 Å². The van der Waals surface area contributed by atoms with Crippen molar-refractivity contribution in [3.05, 3.63) is 54.1 Å². The van der Waals surface area contributed by atoms with Gasteiger partial charge in [-0.1, -0.05) is 30.3 Å². The maximum Gasteiger partial charge on any atom is 0.240 e. The number of amides is 1. The van der Waals surface area contributed by atoms with E-state index in [0.717, 1.165) is 25.3 Å². The number of carbonyl (C=O) groups excluding carboxylic acids is 1. The molecule has 25 heavy (non-hydrogen) atoms. The number of imidazole rings is 1. The second-order valence-electron chi connectivity index (χ2n) is 6.70. The average Bonchev–Trinajstić information content (AvgIpc) is 3.21. The first-order valence-corrected chi connectivity index (χ1v) is 8.60. The number of benzene rings is 1. The molecule has 1 aliphatic heterocycles. The Morgan fingerprint density at radius 2 is 2.12 bits per heavy atom. The summed E-state index contributed by atoms with van der Waals surface area (Å²) in [6, 6.07) is 10.1. The Labute approximate surface area is 149 Å². The summed E-state index contributed by atoms with van der Waals surface area (Å²) in [6.45, 7) is 2.05.